The molecule has 0 aliphatic carbocycles. The number of phenols is 2. The average Bonchev–Trinajstić information content (AvgIpc) is 3.90. The van der Waals surface area contributed by atoms with Crippen LogP contribution in [0.5, 0.6) is 11.5 Å². The lowest BCUT2D eigenvalue weighted by atomic mass is 9.71. The van der Waals surface area contributed by atoms with Crippen molar-refractivity contribution >= 4 is 45.1 Å². The maximum Gasteiger partial charge on any atom is 0.258 e. The predicted octanol–water partition coefficient (Wildman–Crippen LogP) is 4.71. The number of rotatable bonds is 9. The smallest absolute Gasteiger partial charge is 0.258 e. The number of anilines is 2. The molecule has 16 nitrogen and oxygen atoms in total. The Hall–Kier alpha value is -5.46. The van der Waals surface area contributed by atoms with Gasteiger partial charge in [0.25, 0.3) is 11.8 Å². The third kappa shape index (κ3) is 8.23. The highest BCUT2D eigenvalue weighted by Gasteiger charge is 2.51. The van der Waals surface area contributed by atoms with E-state index in [-0.39, 0.29) is 46.2 Å². The lowest BCUT2D eigenvalue weighted by Gasteiger charge is -2.55. The van der Waals surface area contributed by atoms with E-state index in [1.807, 2.05) is 18.7 Å². The molecule has 2 amide bonds. The summed E-state index contributed by atoms with van der Waals surface area (Å²) in [6.07, 6.45) is 6.11. The van der Waals surface area contributed by atoms with Gasteiger partial charge in [-0.2, -0.15) is 0 Å². The van der Waals surface area contributed by atoms with Gasteiger partial charge in [0.05, 0.1) is 34.6 Å². The highest BCUT2D eigenvalue weighted by atomic mass is 32.1. The van der Waals surface area contributed by atoms with Crippen molar-refractivity contribution in [3.63, 3.8) is 0 Å². The fraction of sp³-hybridized carbons (Fsp3) is 0.489. The number of hydrogen-bond donors (Lipinski definition) is 4. The van der Waals surface area contributed by atoms with Crippen molar-refractivity contribution in [2.24, 2.45) is 5.41 Å². The van der Waals surface area contributed by atoms with Gasteiger partial charge < -0.3 is 40.5 Å². The summed E-state index contributed by atoms with van der Waals surface area (Å²) in [6.45, 7) is 13.6. The number of hydrogen-bond acceptors (Lipinski definition) is 15. The number of aromatic nitrogens is 4. The first-order valence-electron chi connectivity index (χ1n) is 22.5. The van der Waals surface area contributed by atoms with Crippen molar-refractivity contribution in [3.8, 4) is 22.9 Å². The number of fused-ring (bicyclic) bond motifs is 2. The standard InChI is InChI=1S/C47H56N10O6S/c1-29(2)35-19-36(39(59)20-38(35)58)43(60)56-24-31-4-3-30(17-32(31)25-56)23-53-9-5-46(6-10-53)27-57(28-46)44(61)47(62)7-11-54(12-8-47)26-34-18-37-40(64-34)42(55-13-15-63-16-14-55)52-41(51-37)33-21-49-45(48)50-22-33/h3-4,17-22,29,58-59,62H,5-16,23-28H2,1-2H3,(H2,48,49,50). The highest BCUT2D eigenvalue weighted by Crippen LogP contribution is 2.43. The van der Waals surface area contributed by atoms with Crippen molar-refractivity contribution in [3.05, 3.63) is 81.5 Å². The van der Waals surface area contributed by atoms with Crippen molar-refractivity contribution in [2.75, 3.05) is 76.2 Å². The minimum atomic E-state index is -1.35. The van der Waals surface area contributed by atoms with Crippen LogP contribution in [0.4, 0.5) is 11.8 Å². The molecule has 1 spiro atoms. The molecular weight excluding hydrogens is 833 g/mol. The zero-order chi connectivity index (χ0) is 44.3. The summed E-state index contributed by atoms with van der Waals surface area (Å²) < 4.78 is 6.65. The fourth-order valence-corrected chi connectivity index (χ4v) is 11.3. The molecule has 5 aliphatic rings. The molecule has 8 heterocycles. The second-order valence-electron chi connectivity index (χ2n) is 18.8. The van der Waals surface area contributed by atoms with E-state index in [1.54, 1.807) is 34.7 Å². The Bertz CT molecular complexity index is 2570. The number of nitrogen functional groups attached to an aromatic ring is 1. The lowest BCUT2D eigenvalue weighted by Crippen LogP contribution is -2.66. The number of likely N-dealkylation sites (tertiary alicyclic amines) is 3. The summed E-state index contributed by atoms with van der Waals surface area (Å²) in [7, 11) is 0. The van der Waals surface area contributed by atoms with Crippen LogP contribution < -0.4 is 10.6 Å². The summed E-state index contributed by atoms with van der Waals surface area (Å²) in [5.41, 5.74) is 10.3. The SMILES string of the molecule is CC(C)c1cc(C(=O)N2Cc3ccc(CN4CCC5(CC4)CN(C(=O)C4(O)CCN(Cc6cc7nc(-c8cnc(N)nc8)nc(N8CCOCC8)c7s6)CC4)C5)cc3C2)c(O)cc1O. The largest absolute Gasteiger partial charge is 0.508 e. The van der Waals surface area contributed by atoms with Gasteiger partial charge in [-0.15, -0.1) is 11.3 Å². The Morgan fingerprint density at radius 1 is 0.828 bits per heavy atom. The number of ether oxygens (including phenoxy) is 1. The normalized spacial score (nSPS) is 20.0. The minimum Gasteiger partial charge on any atom is -0.508 e. The number of nitrogens with two attached hydrogens (primary N) is 1. The van der Waals surface area contributed by atoms with Crippen LogP contribution in [0, 0.1) is 5.41 Å². The average molecular weight is 889 g/mol. The molecule has 0 radical (unpaired) electrons. The van der Waals surface area contributed by atoms with Gasteiger partial charge in [0.1, 0.15) is 17.1 Å². The van der Waals surface area contributed by atoms with Crippen LogP contribution in [0.2, 0.25) is 0 Å². The van der Waals surface area contributed by atoms with Gasteiger partial charge in [0.2, 0.25) is 5.95 Å². The molecule has 4 saturated heterocycles. The van der Waals surface area contributed by atoms with Gasteiger partial charge in [-0.05, 0) is 79.1 Å². The summed E-state index contributed by atoms with van der Waals surface area (Å²) >= 11 is 1.69. The number of piperidine rings is 2. The molecule has 0 atom stereocenters. The fourth-order valence-electron chi connectivity index (χ4n) is 10.2. The molecule has 336 valence electrons. The third-order valence-electron chi connectivity index (χ3n) is 14.0. The molecule has 2 aromatic carbocycles. The zero-order valence-corrected chi connectivity index (χ0v) is 37.3. The highest BCUT2D eigenvalue weighted by molar-refractivity contribution is 7.19. The van der Waals surface area contributed by atoms with Gasteiger partial charge in [-0.1, -0.05) is 32.0 Å². The number of carbonyl (C=O) groups excluding carboxylic acids is 2. The van der Waals surface area contributed by atoms with Crippen LogP contribution in [-0.4, -0.2) is 138 Å². The van der Waals surface area contributed by atoms with E-state index in [0.717, 1.165) is 77.6 Å². The summed E-state index contributed by atoms with van der Waals surface area (Å²) in [6, 6.07) is 11.5. The maximum absolute atomic E-state index is 13.8. The van der Waals surface area contributed by atoms with Crippen LogP contribution in [-0.2, 0) is 35.7 Å². The van der Waals surface area contributed by atoms with Gasteiger partial charge in [0, 0.05) is 94.2 Å². The molecule has 64 heavy (non-hydrogen) atoms. The molecule has 5 N–H and O–H groups in total. The summed E-state index contributed by atoms with van der Waals surface area (Å²) in [5, 5.41) is 32.5. The molecule has 4 fully saturated rings. The molecule has 0 unspecified atom stereocenters. The number of phenolic OH excluding ortho intramolecular Hbond substituents is 2. The molecule has 3 aromatic heterocycles. The Labute approximate surface area is 376 Å². The first-order valence-corrected chi connectivity index (χ1v) is 23.3. The Kier molecular flexibility index (Phi) is 11.2. The van der Waals surface area contributed by atoms with E-state index in [0.29, 0.717) is 88.8 Å². The maximum atomic E-state index is 13.8. The second-order valence-corrected chi connectivity index (χ2v) is 20.0. The van der Waals surface area contributed by atoms with Gasteiger partial charge in [-0.3, -0.25) is 19.4 Å². The molecular formula is C47H56N10O6S. The molecule has 10 rings (SSSR count). The van der Waals surface area contributed by atoms with Crippen molar-refractivity contribution in [2.45, 2.75) is 77.2 Å². The number of aromatic hydroxyl groups is 2. The molecule has 5 aromatic rings. The van der Waals surface area contributed by atoms with Crippen LogP contribution >= 0.6 is 11.3 Å². The number of benzene rings is 2. The van der Waals surface area contributed by atoms with E-state index >= 15 is 0 Å². The Balaban J connectivity index is 0.707. The number of amides is 2. The quantitative estimate of drug-likeness (QED) is 0.159. The third-order valence-corrected chi connectivity index (χ3v) is 15.2. The summed E-state index contributed by atoms with van der Waals surface area (Å²) in [4.78, 5) is 57.4. The van der Waals surface area contributed by atoms with Gasteiger partial charge in [-0.25, -0.2) is 19.9 Å². The molecule has 5 aliphatic heterocycles. The number of aliphatic hydroxyl groups is 1. The Morgan fingerprint density at radius 2 is 1.52 bits per heavy atom. The van der Waals surface area contributed by atoms with Crippen molar-refractivity contribution in [1.29, 1.82) is 0 Å². The minimum absolute atomic E-state index is 0.00472. The number of thiophene rings is 1. The first-order chi connectivity index (χ1) is 30.8. The Morgan fingerprint density at radius 3 is 2.23 bits per heavy atom. The lowest BCUT2D eigenvalue weighted by molar-refractivity contribution is -0.171. The predicted molar refractivity (Wildman–Crippen MR) is 243 cm³/mol. The zero-order valence-electron chi connectivity index (χ0n) is 36.5. The van der Waals surface area contributed by atoms with E-state index in [1.165, 1.54) is 11.6 Å². The van der Waals surface area contributed by atoms with Crippen LogP contribution in [0.3, 0.4) is 0 Å². The first kappa shape index (κ1) is 42.5. The second kappa shape index (κ2) is 16.8. The number of carbonyl (C=O) groups is 2. The van der Waals surface area contributed by atoms with Gasteiger partial charge >= 0.3 is 0 Å². The molecule has 17 heteroatoms. The summed E-state index contributed by atoms with van der Waals surface area (Å²) in [5.74, 6) is 1.05. The topological polar surface area (TPSA) is 198 Å². The van der Waals surface area contributed by atoms with Crippen LogP contribution in [0.25, 0.3) is 21.6 Å². The van der Waals surface area contributed by atoms with Crippen molar-refractivity contribution in [1.82, 2.24) is 39.5 Å². The van der Waals surface area contributed by atoms with Crippen LogP contribution in [0.15, 0.2) is 48.8 Å². The van der Waals surface area contributed by atoms with E-state index in [4.69, 9.17) is 20.4 Å². The molecule has 0 saturated carbocycles. The molecule has 0 bridgehead atoms. The van der Waals surface area contributed by atoms with E-state index in [2.05, 4.69) is 48.9 Å². The number of morpholine rings is 1. The monoisotopic (exact) mass is 888 g/mol. The number of nitrogens with zero attached hydrogens (tertiary/aromatic N) is 9. The van der Waals surface area contributed by atoms with Crippen LogP contribution in [0.1, 0.15) is 82.9 Å². The van der Waals surface area contributed by atoms with Gasteiger partial charge in [0.15, 0.2) is 11.6 Å². The van der Waals surface area contributed by atoms with Crippen molar-refractivity contribution < 1.29 is 29.6 Å². The van der Waals surface area contributed by atoms with E-state index < -0.39 is 5.60 Å². The van der Waals surface area contributed by atoms with E-state index in [9.17, 15) is 24.9 Å².